The molecule has 1 heterocycles. The summed E-state index contributed by atoms with van der Waals surface area (Å²) < 4.78 is 0. The van der Waals surface area contributed by atoms with Crippen LogP contribution in [0.15, 0.2) is 84.1 Å². The van der Waals surface area contributed by atoms with Gasteiger partial charge in [-0.3, -0.25) is 14.5 Å². The highest BCUT2D eigenvalue weighted by Crippen LogP contribution is 2.41. The fourth-order valence-corrected chi connectivity index (χ4v) is 3.78. The molecule has 31 heavy (non-hydrogen) atoms. The van der Waals surface area contributed by atoms with E-state index in [1.807, 2.05) is 31.2 Å². The van der Waals surface area contributed by atoms with Gasteiger partial charge in [-0.05, 0) is 67.9 Å². The van der Waals surface area contributed by atoms with Crippen molar-refractivity contribution in [2.24, 2.45) is 0 Å². The van der Waals surface area contributed by atoms with E-state index >= 15 is 0 Å². The highest BCUT2D eigenvalue weighted by Gasteiger charge is 2.46. The van der Waals surface area contributed by atoms with Crippen LogP contribution in [0.4, 0.5) is 11.4 Å². The molecule has 1 fully saturated rings. The molecule has 0 spiro atoms. The molecule has 1 aliphatic rings. The van der Waals surface area contributed by atoms with Gasteiger partial charge in [-0.15, -0.1) is 0 Å². The molecular formula is C25H22N2O4. The number of carbonyl (C=O) groups is 2. The predicted molar refractivity (Wildman–Crippen MR) is 119 cm³/mol. The van der Waals surface area contributed by atoms with Gasteiger partial charge < -0.3 is 15.5 Å². The minimum Gasteiger partial charge on any atom is -0.508 e. The second-order valence-corrected chi connectivity index (χ2v) is 7.55. The van der Waals surface area contributed by atoms with Crippen LogP contribution in [0.1, 0.15) is 24.1 Å². The van der Waals surface area contributed by atoms with E-state index in [9.17, 15) is 19.8 Å². The first-order valence-corrected chi connectivity index (χ1v) is 9.85. The summed E-state index contributed by atoms with van der Waals surface area (Å²) in [5, 5.41) is 22.9. The third kappa shape index (κ3) is 3.88. The summed E-state index contributed by atoms with van der Waals surface area (Å²) in [6, 6.07) is 19.6. The lowest BCUT2D eigenvalue weighted by Gasteiger charge is -2.26. The smallest absolute Gasteiger partial charge is 0.300 e. The second kappa shape index (κ2) is 7.99. The lowest BCUT2D eigenvalue weighted by Crippen LogP contribution is -2.29. The van der Waals surface area contributed by atoms with Crippen molar-refractivity contribution >= 4 is 23.1 Å². The van der Waals surface area contributed by atoms with E-state index in [1.165, 1.54) is 23.1 Å². The van der Waals surface area contributed by atoms with Crippen LogP contribution >= 0.6 is 0 Å². The first-order valence-electron chi connectivity index (χ1n) is 9.85. The summed E-state index contributed by atoms with van der Waals surface area (Å²) in [5.41, 5.74) is 3.85. The van der Waals surface area contributed by atoms with Gasteiger partial charge in [0.25, 0.3) is 11.7 Å². The molecule has 0 aliphatic carbocycles. The van der Waals surface area contributed by atoms with E-state index in [0.717, 1.165) is 11.3 Å². The van der Waals surface area contributed by atoms with Crippen molar-refractivity contribution in [2.45, 2.75) is 19.9 Å². The van der Waals surface area contributed by atoms with E-state index in [-0.39, 0.29) is 11.5 Å². The molecule has 0 radical (unpaired) electrons. The minimum atomic E-state index is -0.727. The highest BCUT2D eigenvalue weighted by atomic mass is 16.3. The molecule has 156 valence electrons. The highest BCUT2D eigenvalue weighted by molar-refractivity contribution is 6.51. The monoisotopic (exact) mass is 414 g/mol. The van der Waals surface area contributed by atoms with E-state index < -0.39 is 17.7 Å². The molecule has 0 unspecified atom stereocenters. The summed E-state index contributed by atoms with van der Waals surface area (Å²) in [5.74, 6) is -1.18. The predicted octanol–water partition coefficient (Wildman–Crippen LogP) is 4.45. The first-order chi connectivity index (χ1) is 14.8. The molecule has 4 rings (SSSR count). The SMILES string of the molecule is C/C(Nc1ccc(C)cc1)=C1\C(=O)C(=O)N(c2ccc(O)cc2)[C@@H]1c1cccc(O)c1. The molecule has 0 bridgehead atoms. The van der Waals surface area contributed by atoms with Crippen LogP contribution in [0.5, 0.6) is 11.5 Å². The molecule has 6 heteroatoms. The normalized spacial score (nSPS) is 17.7. The number of allylic oxidation sites excluding steroid dienone is 1. The Morgan fingerprint density at radius 2 is 1.58 bits per heavy atom. The lowest BCUT2D eigenvalue weighted by molar-refractivity contribution is -0.132. The number of carbonyl (C=O) groups excluding carboxylic acids is 2. The molecule has 3 aromatic carbocycles. The van der Waals surface area contributed by atoms with E-state index in [1.54, 1.807) is 37.3 Å². The Morgan fingerprint density at radius 3 is 2.23 bits per heavy atom. The number of benzene rings is 3. The zero-order valence-corrected chi connectivity index (χ0v) is 17.2. The molecule has 1 aliphatic heterocycles. The number of hydrogen-bond donors (Lipinski definition) is 3. The fraction of sp³-hybridized carbons (Fsp3) is 0.120. The summed E-state index contributed by atoms with van der Waals surface area (Å²) in [6.07, 6.45) is 0. The van der Waals surface area contributed by atoms with Gasteiger partial charge in [0.05, 0.1) is 11.6 Å². The Balaban J connectivity index is 1.85. The number of Topliss-reactive ketones (excluding diaryl/α,β-unsaturated/α-hetero) is 1. The molecule has 0 saturated carbocycles. The van der Waals surface area contributed by atoms with E-state index in [4.69, 9.17) is 0 Å². The largest absolute Gasteiger partial charge is 0.508 e. The van der Waals surface area contributed by atoms with Crippen molar-refractivity contribution in [3.05, 3.63) is 95.2 Å². The van der Waals surface area contributed by atoms with Gasteiger partial charge in [0.1, 0.15) is 11.5 Å². The first kappa shape index (κ1) is 20.2. The number of rotatable bonds is 4. The molecule has 1 atom stereocenters. The zero-order valence-electron chi connectivity index (χ0n) is 17.2. The Hall–Kier alpha value is -4.06. The number of phenolic OH excluding ortho intramolecular Hbond substituents is 2. The van der Waals surface area contributed by atoms with Crippen LogP contribution in [-0.4, -0.2) is 21.9 Å². The van der Waals surface area contributed by atoms with Crippen LogP contribution in [0.3, 0.4) is 0 Å². The van der Waals surface area contributed by atoms with Crippen LogP contribution in [0.25, 0.3) is 0 Å². The molecule has 1 amide bonds. The van der Waals surface area contributed by atoms with Gasteiger partial charge in [0.15, 0.2) is 0 Å². The van der Waals surface area contributed by atoms with Crippen LogP contribution in [0, 0.1) is 6.92 Å². The number of hydrogen-bond acceptors (Lipinski definition) is 5. The van der Waals surface area contributed by atoms with E-state index in [0.29, 0.717) is 22.5 Å². The molecule has 0 aromatic heterocycles. The standard InChI is InChI=1S/C25H22N2O4/c1-15-6-8-18(9-7-15)26-16(2)22-23(17-4-3-5-21(29)14-17)27(25(31)24(22)30)19-10-12-20(28)13-11-19/h3-14,23,26,28-29H,1-2H3/b22-16+/t23-/m1/s1. The van der Waals surface area contributed by atoms with Gasteiger partial charge >= 0.3 is 0 Å². The van der Waals surface area contributed by atoms with Crippen molar-refractivity contribution in [1.29, 1.82) is 0 Å². The number of anilines is 2. The maximum Gasteiger partial charge on any atom is 0.300 e. The average Bonchev–Trinajstić information content (AvgIpc) is 3.01. The third-order valence-corrected chi connectivity index (χ3v) is 5.29. The molecular weight excluding hydrogens is 392 g/mol. The van der Waals surface area contributed by atoms with Gasteiger partial charge in [-0.1, -0.05) is 29.8 Å². The number of amides is 1. The average molecular weight is 414 g/mol. The van der Waals surface area contributed by atoms with Crippen molar-refractivity contribution in [3.8, 4) is 11.5 Å². The van der Waals surface area contributed by atoms with Crippen molar-refractivity contribution in [2.75, 3.05) is 10.2 Å². The number of aryl methyl sites for hydroxylation is 1. The minimum absolute atomic E-state index is 0.0402. The molecule has 3 N–H and O–H groups in total. The van der Waals surface area contributed by atoms with E-state index in [2.05, 4.69) is 5.32 Å². The van der Waals surface area contributed by atoms with Gasteiger partial charge in [0, 0.05) is 17.1 Å². The fourth-order valence-electron chi connectivity index (χ4n) is 3.78. The Labute approximate surface area is 180 Å². The number of ketones is 1. The summed E-state index contributed by atoms with van der Waals surface area (Å²) in [6.45, 7) is 3.75. The molecule has 1 saturated heterocycles. The van der Waals surface area contributed by atoms with Gasteiger partial charge in [0.2, 0.25) is 0 Å². The molecule has 3 aromatic rings. The lowest BCUT2D eigenvalue weighted by atomic mass is 9.96. The number of aromatic hydroxyl groups is 2. The zero-order chi connectivity index (χ0) is 22.1. The quantitative estimate of drug-likeness (QED) is 0.434. The third-order valence-electron chi connectivity index (χ3n) is 5.29. The van der Waals surface area contributed by atoms with Crippen molar-refractivity contribution in [1.82, 2.24) is 0 Å². The van der Waals surface area contributed by atoms with Crippen LogP contribution < -0.4 is 10.2 Å². The summed E-state index contributed by atoms with van der Waals surface area (Å²) >= 11 is 0. The Bertz CT molecular complexity index is 1180. The topological polar surface area (TPSA) is 89.9 Å². The van der Waals surface area contributed by atoms with Gasteiger partial charge in [-0.2, -0.15) is 0 Å². The Kier molecular flexibility index (Phi) is 5.21. The van der Waals surface area contributed by atoms with Gasteiger partial charge in [-0.25, -0.2) is 0 Å². The summed E-state index contributed by atoms with van der Waals surface area (Å²) in [4.78, 5) is 27.6. The Morgan fingerprint density at radius 1 is 0.903 bits per heavy atom. The van der Waals surface area contributed by atoms with Crippen molar-refractivity contribution < 1.29 is 19.8 Å². The maximum absolute atomic E-state index is 13.1. The number of nitrogens with one attached hydrogen (secondary N) is 1. The van der Waals surface area contributed by atoms with Crippen LogP contribution in [0.2, 0.25) is 0 Å². The van der Waals surface area contributed by atoms with Crippen LogP contribution in [-0.2, 0) is 9.59 Å². The number of phenols is 2. The number of nitrogens with zero attached hydrogens (tertiary/aromatic N) is 1. The summed E-state index contributed by atoms with van der Waals surface area (Å²) in [7, 11) is 0. The molecule has 6 nitrogen and oxygen atoms in total. The maximum atomic E-state index is 13.1. The van der Waals surface area contributed by atoms with Crippen molar-refractivity contribution in [3.63, 3.8) is 0 Å². The second-order valence-electron chi connectivity index (χ2n) is 7.55.